The van der Waals surface area contributed by atoms with Crippen LogP contribution in [0.3, 0.4) is 0 Å². The number of aliphatic hydroxyl groups is 1. The summed E-state index contributed by atoms with van der Waals surface area (Å²) in [5.74, 6) is 0. The van der Waals surface area contributed by atoms with E-state index in [2.05, 4.69) is 20.8 Å². The Hall–Kier alpha value is -0.0800. The number of nitrogens with two attached hydrogens (primary N) is 1. The third-order valence-corrected chi connectivity index (χ3v) is 2.98. The van der Waals surface area contributed by atoms with Gasteiger partial charge in [0, 0.05) is 0 Å². The van der Waals surface area contributed by atoms with E-state index in [9.17, 15) is 5.11 Å². The molecule has 1 atom stereocenters. The Labute approximate surface area is 76.2 Å². The minimum absolute atomic E-state index is 0.234. The fraction of sp³-hybridized carbons (Fsp3) is 1.00. The zero-order valence-electron chi connectivity index (χ0n) is 8.85. The smallest absolute Gasteiger partial charge is 0.111 e. The molecule has 0 aliphatic heterocycles. The van der Waals surface area contributed by atoms with Crippen molar-refractivity contribution in [3.8, 4) is 0 Å². The first-order valence-corrected chi connectivity index (χ1v) is 4.90. The van der Waals surface area contributed by atoms with E-state index in [0.717, 1.165) is 19.3 Å². The molecule has 3 N–H and O–H groups in total. The van der Waals surface area contributed by atoms with Gasteiger partial charge in [-0.25, -0.2) is 0 Å². The van der Waals surface area contributed by atoms with Crippen LogP contribution < -0.4 is 5.73 Å². The van der Waals surface area contributed by atoms with E-state index in [0.29, 0.717) is 6.42 Å². The second-order valence-electron chi connectivity index (χ2n) is 4.09. The number of hydrogen-bond acceptors (Lipinski definition) is 2. The Morgan fingerprint density at radius 3 is 1.50 bits per heavy atom. The fourth-order valence-corrected chi connectivity index (χ4v) is 1.88. The topological polar surface area (TPSA) is 46.2 Å². The van der Waals surface area contributed by atoms with Crippen molar-refractivity contribution in [3.05, 3.63) is 0 Å². The average Bonchev–Trinajstić information content (AvgIpc) is 1.99. The molecule has 0 aromatic rings. The van der Waals surface area contributed by atoms with E-state index < -0.39 is 5.72 Å². The van der Waals surface area contributed by atoms with Gasteiger partial charge in [0.05, 0.1) is 0 Å². The van der Waals surface area contributed by atoms with Gasteiger partial charge in [0.2, 0.25) is 0 Å². The summed E-state index contributed by atoms with van der Waals surface area (Å²) in [7, 11) is 0. The predicted octanol–water partition coefficient (Wildman–Crippen LogP) is 2.26. The van der Waals surface area contributed by atoms with Crippen molar-refractivity contribution < 1.29 is 5.11 Å². The summed E-state index contributed by atoms with van der Waals surface area (Å²) in [6, 6.07) is 0. The Kier molecular flexibility index (Phi) is 4.21. The van der Waals surface area contributed by atoms with Gasteiger partial charge in [-0.3, -0.25) is 0 Å². The highest BCUT2D eigenvalue weighted by atomic mass is 16.3. The summed E-state index contributed by atoms with van der Waals surface area (Å²) >= 11 is 0. The summed E-state index contributed by atoms with van der Waals surface area (Å²) in [5.41, 5.74) is 4.83. The van der Waals surface area contributed by atoms with Gasteiger partial charge in [-0.05, 0) is 18.8 Å². The molecule has 0 amide bonds. The molecule has 0 spiro atoms. The van der Waals surface area contributed by atoms with Crippen molar-refractivity contribution in [1.82, 2.24) is 0 Å². The highest BCUT2D eigenvalue weighted by Crippen LogP contribution is 2.36. The second kappa shape index (κ2) is 4.24. The van der Waals surface area contributed by atoms with Gasteiger partial charge in [0.25, 0.3) is 0 Å². The van der Waals surface area contributed by atoms with E-state index >= 15 is 0 Å². The van der Waals surface area contributed by atoms with Gasteiger partial charge in [-0.1, -0.05) is 40.0 Å². The van der Waals surface area contributed by atoms with E-state index in [1.807, 2.05) is 0 Å². The molecule has 2 nitrogen and oxygen atoms in total. The van der Waals surface area contributed by atoms with Gasteiger partial charge < -0.3 is 10.8 Å². The van der Waals surface area contributed by atoms with Crippen molar-refractivity contribution >= 4 is 0 Å². The number of rotatable bonds is 5. The largest absolute Gasteiger partial charge is 0.376 e. The molecule has 1 unspecified atom stereocenters. The number of hydrogen-bond donors (Lipinski definition) is 2. The Morgan fingerprint density at radius 1 is 1.08 bits per heavy atom. The molecule has 0 aliphatic rings. The van der Waals surface area contributed by atoms with Crippen molar-refractivity contribution in [2.24, 2.45) is 11.1 Å². The van der Waals surface area contributed by atoms with Crippen LogP contribution >= 0.6 is 0 Å². The molecule has 0 rings (SSSR count). The lowest BCUT2D eigenvalue weighted by molar-refractivity contribution is 0.00481. The van der Waals surface area contributed by atoms with Gasteiger partial charge in [-0.15, -0.1) is 0 Å². The molecule has 0 aliphatic carbocycles. The van der Waals surface area contributed by atoms with Gasteiger partial charge >= 0.3 is 0 Å². The molecular formula is C10H23NO. The molecule has 0 fully saturated rings. The van der Waals surface area contributed by atoms with E-state index in [1.165, 1.54) is 0 Å². The molecule has 74 valence electrons. The Bertz CT molecular complexity index is 114. The molecule has 0 bridgehead atoms. The first kappa shape index (κ1) is 11.9. The second-order valence-corrected chi connectivity index (χ2v) is 4.09. The van der Waals surface area contributed by atoms with Crippen LogP contribution in [0.2, 0.25) is 0 Å². The molecule has 0 saturated heterocycles. The molecule has 12 heavy (non-hydrogen) atoms. The monoisotopic (exact) mass is 173 g/mol. The minimum atomic E-state index is -1.01. The quantitative estimate of drug-likeness (QED) is 0.626. The van der Waals surface area contributed by atoms with Crippen LogP contribution in [-0.2, 0) is 0 Å². The lowest BCUT2D eigenvalue weighted by atomic mass is 9.74. The molecule has 0 radical (unpaired) electrons. The summed E-state index contributed by atoms with van der Waals surface area (Å²) in [4.78, 5) is 0. The van der Waals surface area contributed by atoms with Gasteiger partial charge in [0.1, 0.15) is 5.72 Å². The summed E-state index contributed by atoms with van der Waals surface area (Å²) in [5, 5.41) is 9.52. The van der Waals surface area contributed by atoms with Crippen LogP contribution in [0.25, 0.3) is 0 Å². The van der Waals surface area contributed by atoms with Crippen LogP contribution in [0.15, 0.2) is 0 Å². The van der Waals surface area contributed by atoms with Crippen LogP contribution in [0.4, 0.5) is 0 Å². The zero-order valence-corrected chi connectivity index (χ0v) is 8.85. The molecular weight excluding hydrogens is 150 g/mol. The Morgan fingerprint density at radius 2 is 1.42 bits per heavy atom. The first-order chi connectivity index (χ1) is 5.39. The maximum atomic E-state index is 9.52. The highest BCUT2D eigenvalue weighted by molar-refractivity contribution is 4.81. The first-order valence-electron chi connectivity index (χ1n) is 4.90. The standard InChI is InChI=1S/C10H23NO/c1-5-10(6-2,7-3)8-9(4,11)12/h12H,5-8,11H2,1-4H3. The lowest BCUT2D eigenvalue weighted by Gasteiger charge is -2.35. The zero-order chi connectivity index (χ0) is 9.83. The van der Waals surface area contributed by atoms with E-state index in [-0.39, 0.29) is 5.41 Å². The highest BCUT2D eigenvalue weighted by Gasteiger charge is 2.30. The van der Waals surface area contributed by atoms with Gasteiger partial charge in [0.15, 0.2) is 0 Å². The molecule has 2 heteroatoms. The molecule has 0 aromatic carbocycles. The summed E-state index contributed by atoms with van der Waals surface area (Å²) in [6.07, 6.45) is 3.97. The molecule has 0 saturated carbocycles. The normalized spacial score (nSPS) is 17.5. The SMILES string of the molecule is CCC(CC)(CC)CC(C)(N)O. The minimum Gasteiger partial charge on any atom is -0.376 e. The maximum Gasteiger partial charge on any atom is 0.111 e. The maximum absolute atomic E-state index is 9.52. The summed E-state index contributed by atoms with van der Waals surface area (Å²) < 4.78 is 0. The van der Waals surface area contributed by atoms with Crippen LogP contribution in [0, 0.1) is 5.41 Å². The van der Waals surface area contributed by atoms with Crippen molar-refractivity contribution in [1.29, 1.82) is 0 Å². The van der Waals surface area contributed by atoms with Crippen LogP contribution in [0.1, 0.15) is 53.4 Å². The molecule has 0 heterocycles. The third-order valence-electron chi connectivity index (χ3n) is 2.98. The van der Waals surface area contributed by atoms with Crippen molar-refractivity contribution in [2.75, 3.05) is 0 Å². The Balaban J connectivity index is 4.30. The van der Waals surface area contributed by atoms with E-state index in [1.54, 1.807) is 6.92 Å². The van der Waals surface area contributed by atoms with Gasteiger partial charge in [-0.2, -0.15) is 0 Å². The average molecular weight is 173 g/mol. The third kappa shape index (κ3) is 3.55. The van der Waals surface area contributed by atoms with Crippen molar-refractivity contribution in [2.45, 2.75) is 59.1 Å². The predicted molar refractivity (Wildman–Crippen MR) is 52.7 cm³/mol. The summed E-state index contributed by atoms with van der Waals surface area (Å²) in [6.45, 7) is 8.18. The van der Waals surface area contributed by atoms with E-state index in [4.69, 9.17) is 5.73 Å². The van der Waals surface area contributed by atoms with Crippen molar-refractivity contribution in [3.63, 3.8) is 0 Å². The molecule has 0 aromatic heterocycles. The lowest BCUT2D eigenvalue weighted by Crippen LogP contribution is -2.41. The van der Waals surface area contributed by atoms with Crippen LogP contribution in [-0.4, -0.2) is 10.8 Å². The van der Waals surface area contributed by atoms with Crippen LogP contribution in [0.5, 0.6) is 0 Å². The fourth-order valence-electron chi connectivity index (χ4n) is 1.88.